The van der Waals surface area contributed by atoms with E-state index < -0.39 is 0 Å². The SMILES string of the molecule is CC(=O)c1ccc(N/C=C/C(=O)c2ccc(Br)cc2)cc1. The molecule has 2 rings (SSSR count). The minimum atomic E-state index is -0.0737. The normalized spacial score (nSPS) is 10.6. The van der Waals surface area contributed by atoms with Gasteiger partial charge in [0.25, 0.3) is 0 Å². The molecule has 4 heteroatoms. The summed E-state index contributed by atoms with van der Waals surface area (Å²) in [4.78, 5) is 23.1. The zero-order valence-electron chi connectivity index (χ0n) is 11.5. The summed E-state index contributed by atoms with van der Waals surface area (Å²) in [6.45, 7) is 1.53. The quantitative estimate of drug-likeness (QED) is 0.643. The molecule has 0 saturated heterocycles. The van der Waals surface area contributed by atoms with Crippen LogP contribution in [0.2, 0.25) is 0 Å². The summed E-state index contributed by atoms with van der Waals surface area (Å²) >= 11 is 3.33. The number of allylic oxidation sites excluding steroid dienone is 1. The average Bonchev–Trinajstić information content (AvgIpc) is 2.48. The maximum atomic E-state index is 11.9. The zero-order chi connectivity index (χ0) is 15.2. The van der Waals surface area contributed by atoms with Crippen LogP contribution in [0.1, 0.15) is 27.6 Å². The Morgan fingerprint density at radius 1 is 0.952 bits per heavy atom. The van der Waals surface area contributed by atoms with Crippen molar-refractivity contribution in [3.8, 4) is 0 Å². The van der Waals surface area contributed by atoms with E-state index in [1.165, 1.54) is 13.0 Å². The van der Waals surface area contributed by atoms with E-state index in [4.69, 9.17) is 0 Å². The molecular formula is C17H14BrNO2. The van der Waals surface area contributed by atoms with Crippen LogP contribution in [0.15, 0.2) is 65.3 Å². The first-order valence-corrected chi connectivity index (χ1v) is 7.19. The largest absolute Gasteiger partial charge is 0.362 e. The van der Waals surface area contributed by atoms with Crippen LogP contribution in [0, 0.1) is 0 Å². The minimum absolute atomic E-state index is 0.0301. The molecule has 21 heavy (non-hydrogen) atoms. The van der Waals surface area contributed by atoms with Crippen molar-refractivity contribution < 1.29 is 9.59 Å². The van der Waals surface area contributed by atoms with Crippen molar-refractivity contribution in [2.45, 2.75) is 6.92 Å². The molecule has 0 spiro atoms. The third-order valence-corrected chi connectivity index (χ3v) is 3.43. The highest BCUT2D eigenvalue weighted by Gasteiger charge is 2.01. The van der Waals surface area contributed by atoms with Crippen LogP contribution in [0.3, 0.4) is 0 Å². The van der Waals surface area contributed by atoms with Gasteiger partial charge in [-0.3, -0.25) is 9.59 Å². The van der Waals surface area contributed by atoms with Crippen LogP contribution in [0.5, 0.6) is 0 Å². The number of carbonyl (C=O) groups excluding carboxylic acids is 2. The van der Waals surface area contributed by atoms with E-state index in [1.807, 2.05) is 12.1 Å². The Balaban J connectivity index is 1.97. The van der Waals surface area contributed by atoms with Crippen LogP contribution in [0.25, 0.3) is 0 Å². The number of nitrogens with one attached hydrogen (secondary N) is 1. The van der Waals surface area contributed by atoms with Gasteiger partial charge in [0.15, 0.2) is 11.6 Å². The number of anilines is 1. The van der Waals surface area contributed by atoms with E-state index in [1.54, 1.807) is 42.6 Å². The lowest BCUT2D eigenvalue weighted by Crippen LogP contribution is -1.96. The molecule has 106 valence electrons. The predicted octanol–water partition coefficient (Wildman–Crippen LogP) is 4.46. The van der Waals surface area contributed by atoms with Gasteiger partial charge >= 0.3 is 0 Å². The van der Waals surface area contributed by atoms with E-state index in [2.05, 4.69) is 21.2 Å². The van der Waals surface area contributed by atoms with E-state index in [-0.39, 0.29) is 11.6 Å². The van der Waals surface area contributed by atoms with E-state index in [9.17, 15) is 9.59 Å². The van der Waals surface area contributed by atoms with Gasteiger partial charge in [-0.25, -0.2) is 0 Å². The van der Waals surface area contributed by atoms with Gasteiger partial charge in [0.1, 0.15) is 0 Å². The van der Waals surface area contributed by atoms with E-state index in [0.717, 1.165) is 10.2 Å². The number of halogens is 1. The van der Waals surface area contributed by atoms with Gasteiger partial charge in [0.05, 0.1) is 0 Å². The summed E-state index contributed by atoms with van der Waals surface area (Å²) in [6.07, 6.45) is 3.06. The Morgan fingerprint density at radius 2 is 1.52 bits per heavy atom. The van der Waals surface area contributed by atoms with Crippen molar-refractivity contribution in [3.63, 3.8) is 0 Å². The Morgan fingerprint density at radius 3 is 2.10 bits per heavy atom. The van der Waals surface area contributed by atoms with Gasteiger partial charge in [0, 0.05) is 33.6 Å². The van der Waals surface area contributed by atoms with E-state index >= 15 is 0 Å². The Hall–Kier alpha value is -2.20. The first kappa shape index (κ1) is 15.2. The number of ketones is 2. The first-order valence-electron chi connectivity index (χ1n) is 6.40. The van der Waals surface area contributed by atoms with Crippen molar-refractivity contribution in [1.82, 2.24) is 0 Å². The summed E-state index contributed by atoms with van der Waals surface area (Å²) in [5, 5.41) is 3.00. The molecule has 0 fully saturated rings. The number of benzene rings is 2. The Bertz CT molecular complexity index is 673. The topological polar surface area (TPSA) is 46.2 Å². The Kier molecular flexibility index (Phi) is 5.06. The molecule has 0 aliphatic carbocycles. The molecule has 0 aliphatic heterocycles. The second-order valence-electron chi connectivity index (χ2n) is 4.48. The van der Waals surface area contributed by atoms with Crippen molar-refractivity contribution >= 4 is 33.2 Å². The van der Waals surface area contributed by atoms with Crippen LogP contribution in [0.4, 0.5) is 5.69 Å². The molecular weight excluding hydrogens is 330 g/mol. The highest BCUT2D eigenvalue weighted by Crippen LogP contribution is 2.12. The van der Waals surface area contributed by atoms with Gasteiger partial charge < -0.3 is 5.32 Å². The third-order valence-electron chi connectivity index (χ3n) is 2.90. The lowest BCUT2D eigenvalue weighted by molar-refractivity contribution is 0.101. The third kappa shape index (κ3) is 4.39. The lowest BCUT2D eigenvalue weighted by atomic mass is 10.1. The molecule has 0 saturated carbocycles. The maximum Gasteiger partial charge on any atom is 0.187 e. The molecule has 0 radical (unpaired) electrons. The summed E-state index contributed by atoms with van der Waals surface area (Å²) in [5.41, 5.74) is 2.11. The standard InChI is InChI=1S/C17H14BrNO2/c1-12(20)13-4-8-16(9-5-13)19-11-10-17(21)14-2-6-15(18)7-3-14/h2-11,19H,1H3/b11-10+. The fraction of sp³-hybridized carbons (Fsp3) is 0.0588. The summed E-state index contributed by atoms with van der Waals surface area (Å²) in [7, 11) is 0. The fourth-order valence-corrected chi connectivity index (χ4v) is 1.99. The van der Waals surface area contributed by atoms with Crippen molar-refractivity contribution in [2.75, 3.05) is 5.32 Å². The molecule has 0 aromatic heterocycles. The number of hydrogen-bond donors (Lipinski definition) is 1. The molecule has 2 aromatic carbocycles. The van der Waals surface area contributed by atoms with Crippen LogP contribution in [-0.4, -0.2) is 11.6 Å². The molecule has 0 unspecified atom stereocenters. The second kappa shape index (κ2) is 6.99. The molecule has 0 amide bonds. The van der Waals surface area contributed by atoms with Crippen molar-refractivity contribution in [2.24, 2.45) is 0 Å². The van der Waals surface area contributed by atoms with Crippen molar-refractivity contribution in [3.05, 3.63) is 76.4 Å². The number of rotatable bonds is 5. The fourth-order valence-electron chi connectivity index (χ4n) is 1.73. The van der Waals surface area contributed by atoms with Gasteiger partial charge in [-0.1, -0.05) is 15.9 Å². The lowest BCUT2D eigenvalue weighted by Gasteiger charge is -2.01. The summed E-state index contributed by atoms with van der Waals surface area (Å²) in [6, 6.07) is 14.3. The zero-order valence-corrected chi connectivity index (χ0v) is 13.1. The average molecular weight is 344 g/mol. The van der Waals surface area contributed by atoms with Gasteiger partial charge in [0.2, 0.25) is 0 Å². The van der Waals surface area contributed by atoms with Crippen LogP contribution < -0.4 is 5.32 Å². The minimum Gasteiger partial charge on any atom is -0.362 e. The molecule has 0 atom stereocenters. The monoisotopic (exact) mass is 343 g/mol. The second-order valence-corrected chi connectivity index (χ2v) is 5.40. The number of hydrogen-bond acceptors (Lipinski definition) is 3. The van der Waals surface area contributed by atoms with Gasteiger partial charge in [-0.05, 0) is 55.5 Å². The highest BCUT2D eigenvalue weighted by molar-refractivity contribution is 9.10. The van der Waals surface area contributed by atoms with Crippen molar-refractivity contribution in [1.29, 1.82) is 0 Å². The summed E-state index contributed by atoms with van der Waals surface area (Å²) in [5.74, 6) is -0.0436. The molecule has 1 N–H and O–H groups in total. The Labute approximate surface area is 131 Å². The molecule has 0 aliphatic rings. The van der Waals surface area contributed by atoms with E-state index in [0.29, 0.717) is 11.1 Å². The van der Waals surface area contributed by atoms with Crippen LogP contribution in [-0.2, 0) is 0 Å². The molecule has 0 bridgehead atoms. The smallest absolute Gasteiger partial charge is 0.187 e. The maximum absolute atomic E-state index is 11.9. The predicted molar refractivity (Wildman–Crippen MR) is 87.7 cm³/mol. The number of carbonyl (C=O) groups is 2. The van der Waals surface area contributed by atoms with Gasteiger partial charge in [-0.15, -0.1) is 0 Å². The highest BCUT2D eigenvalue weighted by atomic mass is 79.9. The number of Topliss-reactive ketones (excluding diaryl/α,β-unsaturated/α-hetero) is 1. The summed E-state index contributed by atoms with van der Waals surface area (Å²) < 4.78 is 0.937. The molecule has 0 heterocycles. The molecule has 2 aromatic rings. The van der Waals surface area contributed by atoms with Crippen LogP contribution >= 0.6 is 15.9 Å². The molecule has 3 nitrogen and oxygen atoms in total. The first-order chi connectivity index (χ1) is 10.1. The van der Waals surface area contributed by atoms with Gasteiger partial charge in [-0.2, -0.15) is 0 Å².